The number of ketones is 1. The van der Waals surface area contributed by atoms with E-state index >= 15 is 0 Å². The molecular formula is C18H28O2. The minimum Gasteiger partial charge on any atom is -0.493 e. The maximum atomic E-state index is 11.5. The highest BCUT2D eigenvalue weighted by Crippen LogP contribution is 2.32. The predicted molar refractivity (Wildman–Crippen MR) is 84.3 cm³/mol. The van der Waals surface area contributed by atoms with Crippen LogP contribution in [0.15, 0.2) is 24.3 Å². The van der Waals surface area contributed by atoms with Gasteiger partial charge in [0.15, 0.2) is 0 Å². The quantitative estimate of drug-likeness (QED) is 0.636. The van der Waals surface area contributed by atoms with E-state index in [1.807, 2.05) is 19.1 Å². The number of benzene rings is 1. The van der Waals surface area contributed by atoms with Crippen LogP contribution in [0.3, 0.4) is 0 Å². The highest BCUT2D eigenvalue weighted by molar-refractivity contribution is 5.78. The van der Waals surface area contributed by atoms with Crippen LogP contribution >= 0.6 is 0 Å². The van der Waals surface area contributed by atoms with E-state index < -0.39 is 0 Å². The van der Waals surface area contributed by atoms with E-state index in [-0.39, 0.29) is 0 Å². The van der Waals surface area contributed by atoms with Gasteiger partial charge in [-0.3, -0.25) is 4.79 Å². The van der Waals surface area contributed by atoms with Gasteiger partial charge in [0, 0.05) is 12.8 Å². The summed E-state index contributed by atoms with van der Waals surface area (Å²) in [5.41, 5.74) is 1.25. The largest absolute Gasteiger partial charge is 0.493 e. The first-order valence-electron chi connectivity index (χ1n) is 7.81. The van der Waals surface area contributed by atoms with Gasteiger partial charge in [0.25, 0.3) is 0 Å². The number of para-hydroxylation sites is 1. The Labute approximate surface area is 123 Å². The average molecular weight is 276 g/mol. The molecule has 0 heterocycles. The highest BCUT2D eigenvalue weighted by atomic mass is 16.5. The zero-order valence-electron chi connectivity index (χ0n) is 13.3. The van der Waals surface area contributed by atoms with E-state index in [1.54, 1.807) is 0 Å². The van der Waals surface area contributed by atoms with E-state index in [4.69, 9.17) is 4.74 Å². The number of carbonyl (C=O) groups excluding carboxylic acids is 1. The number of hydrogen-bond donors (Lipinski definition) is 0. The lowest BCUT2D eigenvalue weighted by Gasteiger charge is -2.19. The van der Waals surface area contributed by atoms with Crippen LogP contribution in [-0.4, -0.2) is 12.4 Å². The van der Waals surface area contributed by atoms with Crippen molar-refractivity contribution in [2.24, 2.45) is 5.92 Å². The molecule has 1 atom stereocenters. The van der Waals surface area contributed by atoms with Gasteiger partial charge in [-0.25, -0.2) is 0 Å². The standard InChI is InChI=1S/C18H28O2/c1-5-15(11-12-16(19)6-2)17-9-7-8-10-18(17)20-13-14(3)4/h7-10,14-15H,5-6,11-13H2,1-4H3. The molecule has 0 saturated carbocycles. The summed E-state index contributed by atoms with van der Waals surface area (Å²) in [6.07, 6.45) is 3.28. The molecule has 0 aliphatic heterocycles. The van der Waals surface area contributed by atoms with E-state index in [9.17, 15) is 4.79 Å². The molecule has 1 aromatic rings. The smallest absolute Gasteiger partial charge is 0.132 e. The number of hydrogen-bond acceptors (Lipinski definition) is 2. The summed E-state index contributed by atoms with van der Waals surface area (Å²) in [5.74, 6) is 2.26. The van der Waals surface area contributed by atoms with Crippen molar-refractivity contribution in [3.63, 3.8) is 0 Å². The fourth-order valence-corrected chi connectivity index (χ4v) is 2.30. The van der Waals surface area contributed by atoms with Crippen molar-refractivity contribution in [2.75, 3.05) is 6.61 Å². The second-order valence-corrected chi connectivity index (χ2v) is 5.78. The minimum absolute atomic E-state index is 0.351. The molecule has 0 aliphatic rings. The maximum absolute atomic E-state index is 11.5. The zero-order valence-corrected chi connectivity index (χ0v) is 13.3. The summed E-state index contributed by atoms with van der Waals surface area (Å²) < 4.78 is 5.93. The van der Waals surface area contributed by atoms with Crippen molar-refractivity contribution in [3.05, 3.63) is 29.8 Å². The zero-order chi connectivity index (χ0) is 15.0. The summed E-state index contributed by atoms with van der Waals surface area (Å²) >= 11 is 0. The van der Waals surface area contributed by atoms with Crippen LogP contribution in [0.5, 0.6) is 5.75 Å². The van der Waals surface area contributed by atoms with Gasteiger partial charge in [-0.2, -0.15) is 0 Å². The summed E-state index contributed by atoms with van der Waals surface area (Å²) in [4.78, 5) is 11.5. The highest BCUT2D eigenvalue weighted by Gasteiger charge is 2.15. The number of rotatable bonds is 9. The molecule has 1 aromatic carbocycles. The van der Waals surface area contributed by atoms with E-state index in [0.717, 1.165) is 25.2 Å². The SMILES string of the molecule is CCC(=O)CCC(CC)c1ccccc1OCC(C)C. The molecule has 2 heteroatoms. The van der Waals surface area contributed by atoms with Gasteiger partial charge in [-0.05, 0) is 36.3 Å². The van der Waals surface area contributed by atoms with Crippen molar-refractivity contribution >= 4 is 5.78 Å². The normalized spacial score (nSPS) is 12.4. The van der Waals surface area contributed by atoms with Crippen LogP contribution in [0.1, 0.15) is 64.9 Å². The lowest BCUT2D eigenvalue weighted by molar-refractivity contribution is -0.118. The molecule has 0 aromatic heterocycles. The van der Waals surface area contributed by atoms with Crippen molar-refractivity contribution in [2.45, 2.75) is 59.3 Å². The molecular weight excluding hydrogens is 248 g/mol. The fraction of sp³-hybridized carbons (Fsp3) is 0.611. The Morgan fingerprint density at radius 3 is 2.50 bits per heavy atom. The van der Waals surface area contributed by atoms with Crippen molar-refractivity contribution in [1.82, 2.24) is 0 Å². The Balaban J connectivity index is 2.77. The topological polar surface area (TPSA) is 26.3 Å². The summed E-state index contributed by atoms with van der Waals surface area (Å²) in [7, 11) is 0. The Morgan fingerprint density at radius 1 is 1.20 bits per heavy atom. The first kappa shape index (κ1) is 16.7. The van der Waals surface area contributed by atoms with Gasteiger partial charge in [0.2, 0.25) is 0 Å². The number of carbonyl (C=O) groups is 1. The van der Waals surface area contributed by atoms with E-state index in [2.05, 4.69) is 32.9 Å². The molecule has 0 amide bonds. The molecule has 1 unspecified atom stereocenters. The van der Waals surface area contributed by atoms with Crippen LogP contribution in [0.4, 0.5) is 0 Å². The average Bonchev–Trinajstić information content (AvgIpc) is 2.46. The van der Waals surface area contributed by atoms with Crippen molar-refractivity contribution < 1.29 is 9.53 Å². The molecule has 1 rings (SSSR count). The van der Waals surface area contributed by atoms with E-state index in [1.165, 1.54) is 5.56 Å². The Hall–Kier alpha value is -1.31. The molecule has 20 heavy (non-hydrogen) atoms. The maximum Gasteiger partial charge on any atom is 0.132 e. The first-order chi connectivity index (χ1) is 9.58. The summed E-state index contributed by atoms with van der Waals surface area (Å²) in [6, 6.07) is 8.26. The second kappa shape index (κ2) is 8.78. The Morgan fingerprint density at radius 2 is 1.90 bits per heavy atom. The Bertz CT molecular complexity index is 410. The summed E-state index contributed by atoms with van der Waals surface area (Å²) in [6.45, 7) is 9.16. The third-order valence-electron chi connectivity index (χ3n) is 3.59. The fourth-order valence-electron chi connectivity index (χ4n) is 2.30. The van der Waals surface area contributed by atoms with Gasteiger partial charge in [-0.15, -0.1) is 0 Å². The number of ether oxygens (including phenoxy) is 1. The number of Topliss-reactive ketones (excluding diaryl/α,β-unsaturated/α-hetero) is 1. The van der Waals surface area contributed by atoms with Gasteiger partial charge in [0.1, 0.15) is 11.5 Å². The lowest BCUT2D eigenvalue weighted by Crippen LogP contribution is -2.09. The minimum atomic E-state index is 0.351. The van der Waals surface area contributed by atoms with Crippen LogP contribution in [0.25, 0.3) is 0 Å². The molecule has 2 nitrogen and oxygen atoms in total. The van der Waals surface area contributed by atoms with Gasteiger partial charge >= 0.3 is 0 Å². The van der Waals surface area contributed by atoms with Gasteiger partial charge < -0.3 is 4.74 Å². The third kappa shape index (κ3) is 5.36. The van der Waals surface area contributed by atoms with Crippen LogP contribution < -0.4 is 4.74 Å². The monoisotopic (exact) mass is 276 g/mol. The first-order valence-corrected chi connectivity index (χ1v) is 7.81. The van der Waals surface area contributed by atoms with Crippen LogP contribution in [0.2, 0.25) is 0 Å². The van der Waals surface area contributed by atoms with E-state index in [0.29, 0.717) is 30.5 Å². The third-order valence-corrected chi connectivity index (χ3v) is 3.59. The van der Waals surface area contributed by atoms with Crippen molar-refractivity contribution in [3.8, 4) is 5.75 Å². The molecule has 0 saturated heterocycles. The van der Waals surface area contributed by atoms with Gasteiger partial charge in [0.05, 0.1) is 6.61 Å². The molecule has 0 spiro atoms. The second-order valence-electron chi connectivity index (χ2n) is 5.78. The van der Waals surface area contributed by atoms with Gasteiger partial charge in [-0.1, -0.05) is 45.9 Å². The molecule has 0 radical (unpaired) electrons. The predicted octanol–water partition coefficient (Wildman–Crippen LogP) is 4.97. The Kier molecular flexibility index (Phi) is 7.35. The van der Waals surface area contributed by atoms with Crippen LogP contribution in [-0.2, 0) is 4.79 Å². The summed E-state index contributed by atoms with van der Waals surface area (Å²) in [5, 5.41) is 0. The molecule has 0 aliphatic carbocycles. The lowest BCUT2D eigenvalue weighted by atomic mass is 9.90. The molecule has 112 valence electrons. The molecule has 0 N–H and O–H groups in total. The molecule has 0 bridgehead atoms. The van der Waals surface area contributed by atoms with Crippen molar-refractivity contribution in [1.29, 1.82) is 0 Å². The molecule has 0 fully saturated rings. The van der Waals surface area contributed by atoms with Crippen LogP contribution in [0, 0.1) is 5.92 Å².